The topological polar surface area (TPSA) is 132 Å². The van der Waals surface area contributed by atoms with Gasteiger partial charge in [-0.3, -0.25) is 4.79 Å². The molecule has 2 heterocycles. The van der Waals surface area contributed by atoms with Crippen molar-refractivity contribution in [2.45, 2.75) is 33.3 Å². The molecular formula is C36H33N5O4. The molecule has 0 aliphatic heterocycles. The Hall–Kier alpha value is -5.70. The Bertz CT molecular complexity index is 1990. The van der Waals surface area contributed by atoms with Crippen LogP contribution in [0.5, 0.6) is 0 Å². The molecule has 0 bridgehead atoms. The van der Waals surface area contributed by atoms with E-state index in [-0.39, 0.29) is 17.4 Å². The molecule has 6 rings (SSSR count). The number of furan rings is 1. The van der Waals surface area contributed by atoms with Gasteiger partial charge in [-0.1, -0.05) is 63.2 Å². The van der Waals surface area contributed by atoms with Crippen LogP contribution in [0.3, 0.4) is 0 Å². The van der Waals surface area contributed by atoms with E-state index in [1.54, 1.807) is 12.1 Å². The van der Waals surface area contributed by atoms with Crippen LogP contribution in [-0.4, -0.2) is 28.1 Å². The Morgan fingerprint density at radius 3 is 2.31 bits per heavy atom. The molecule has 9 nitrogen and oxygen atoms in total. The SMILES string of the molecule is CC(C)(C)C(Cc1ccc(C(=O)Nc2ccc(Nc3cc(-c4cccc5c4oc4ccccc45)ncn3)cc2)cc1)OC(N)=O. The molecule has 4 N–H and O–H groups in total. The zero-order chi connectivity index (χ0) is 31.6. The lowest BCUT2D eigenvalue weighted by Crippen LogP contribution is -2.35. The van der Waals surface area contributed by atoms with Gasteiger partial charge in [-0.05, 0) is 59.5 Å². The summed E-state index contributed by atoms with van der Waals surface area (Å²) in [5.74, 6) is 0.392. The lowest BCUT2D eigenvalue weighted by atomic mass is 9.85. The highest BCUT2D eigenvalue weighted by Crippen LogP contribution is 2.35. The molecule has 2 aromatic heterocycles. The van der Waals surface area contributed by atoms with E-state index in [1.807, 2.05) is 106 Å². The molecule has 0 aliphatic rings. The fraction of sp³-hybridized carbons (Fsp3) is 0.167. The number of benzene rings is 4. The van der Waals surface area contributed by atoms with Gasteiger partial charge in [-0.2, -0.15) is 0 Å². The van der Waals surface area contributed by atoms with Crippen LogP contribution in [0.2, 0.25) is 0 Å². The fourth-order valence-corrected chi connectivity index (χ4v) is 5.18. The smallest absolute Gasteiger partial charge is 0.404 e. The van der Waals surface area contributed by atoms with E-state index in [9.17, 15) is 9.59 Å². The number of fused-ring (bicyclic) bond motifs is 3. The van der Waals surface area contributed by atoms with Crippen molar-refractivity contribution in [3.63, 3.8) is 0 Å². The Morgan fingerprint density at radius 1 is 0.867 bits per heavy atom. The summed E-state index contributed by atoms with van der Waals surface area (Å²) in [7, 11) is 0. The van der Waals surface area contributed by atoms with Gasteiger partial charge in [0.2, 0.25) is 0 Å². The molecule has 9 heteroatoms. The van der Waals surface area contributed by atoms with Gasteiger partial charge in [0.05, 0.1) is 5.69 Å². The Kier molecular flexibility index (Phi) is 7.91. The summed E-state index contributed by atoms with van der Waals surface area (Å²) in [4.78, 5) is 33.2. The molecule has 6 aromatic rings. The highest BCUT2D eigenvalue weighted by atomic mass is 16.6. The van der Waals surface area contributed by atoms with Crippen molar-refractivity contribution in [3.8, 4) is 11.3 Å². The van der Waals surface area contributed by atoms with Gasteiger partial charge in [0, 0.05) is 45.8 Å². The van der Waals surface area contributed by atoms with E-state index in [0.29, 0.717) is 23.5 Å². The summed E-state index contributed by atoms with van der Waals surface area (Å²) >= 11 is 0. The van der Waals surface area contributed by atoms with Gasteiger partial charge in [0.1, 0.15) is 29.4 Å². The van der Waals surface area contributed by atoms with Gasteiger partial charge in [0.15, 0.2) is 0 Å². The monoisotopic (exact) mass is 599 g/mol. The number of para-hydroxylation sites is 2. The minimum Gasteiger partial charge on any atom is -0.455 e. The third kappa shape index (κ3) is 6.62. The molecule has 1 unspecified atom stereocenters. The first kappa shape index (κ1) is 29.4. The van der Waals surface area contributed by atoms with Crippen molar-refractivity contribution in [2.24, 2.45) is 11.1 Å². The summed E-state index contributed by atoms with van der Waals surface area (Å²) in [5.41, 5.74) is 11.1. The zero-order valence-electron chi connectivity index (χ0n) is 25.2. The van der Waals surface area contributed by atoms with E-state index in [1.165, 1.54) is 6.33 Å². The number of nitrogens with one attached hydrogen (secondary N) is 2. The van der Waals surface area contributed by atoms with Crippen LogP contribution >= 0.6 is 0 Å². The van der Waals surface area contributed by atoms with Crippen LogP contribution in [-0.2, 0) is 11.2 Å². The number of nitrogens with zero attached hydrogens (tertiary/aromatic N) is 2. The second-order valence-corrected chi connectivity index (χ2v) is 11.9. The zero-order valence-corrected chi connectivity index (χ0v) is 25.2. The molecule has 0 fully saturated rings. The van der Waals surface area contributed by atoms with Crippen LogP contribution in [0.4, 0.5) is 22.0 Å². The number of carbonyl (C=O) groups excluding carboxylic acids is 2. The number of primary amides is 1. The number of anilines is 3. The van der Waals surface area contributed by atoms with E-state index in [4.69, 9.17) is 14.9 Å². The van der Waals surface area contributed by atoms with Gasteiger partial charge in [-0.25, -0.2) is 14.8 Å². The average molecular weight is 600 g/mol. The third-order valence-electron chi connectivity index (χ3n) is 7.62. The standard InChI is InChI=1S/C36H33N5O4/c1-36(2,3)31(45-35(37)43)19-22-11-13-23(14-12-22)34(42)41-25-17-15-24(16-18-25)40-32-20-29(38-21-39-32)28-9-6-8-27-26-7-4-5-10-30(26)44-33(27)28/h4-18,20-21,31H,19H2,1-3H3,(H2,37,43)(H,41,42)(H,38,39,40). The fourth-order valence-electron chi connectivity index (χ4n) is 5.18. The van der Waals surface area contributed by atoms with E-state index < -0.39 is 6.09 Å². The molecule has 0 aliphatic carbocycles. The molecular weight excluding hydrogens is 566 g/mol. The molecule has 1 atom stereocenters. The van der Waals surface area contributed by atoms with Crippen LogP contribution in [0.15, 0.2) is 108 Å². The number of hydrogen-bond donors (Lipinski definition) is 3. The highest BCUT2D eigenvalue weighted by molar-refractivity contribution is 6.09. The summed E-state index contributed by atoms with van der Waals surface area (Å²) < 4.78 is 11.5. The number of carbonyl (C=O) groups is 2. The molecule has 0 radical (unpaired) electrons. The Labute approximate surface area is 260 Å². The molecule has 4 aromatic carbocycles. The highest BCUT2D eigenvalue weighted by Gasteiger charge is 2.28. The molecule has 2 amide bonds. The van der Waals surface area contributed by atoms with Gasteiger partial charge in [0.25, 0.3) is 5.91 Å². The summed E-state index contributed by atoms with van der Waals surface area (Å²) in [6.07, 6.45) is 0.826. The van der Waals surface area contributed by atoms with Crippen molar-refractivity contribution < 1.29 is 18.7 Å². The lowest BCUT2D eigenvalue weighted by Gasteiger charge is -2.29. The number of amides is 2. The van der Waals surface area contributed by atoms with Crippen LogP contribution in [0.1, 0.15) is 36.7 Å². The molecule has 226 valence electrons. The number of hydrogen-bond acceptors (Lipinski definition) is 7. The predicted molar refractivity (Wildman–Crippen MR) is 176 cm³/mol. The summed E-state index contributed by atoms with van der Waals surface area (Å²) in [5, 5.41) is 8.34. The van der Waals surface area contributed by atoms with Crippen LogP contribution in [0, 0.1) is 5.41 Å². The van der Waals surface area contributed by atoms with E-state index in [2.05, 4.69) is 20.6 Å². The predicted octanol–water partition coefficient (Wildman–Crippen LogP) is 8.09. The van der Waals surface area contributed by atoms with Crippen LogP contribution in [0.25, 0.3) is 33.2 Å². The number of nitrogens with two attached hydrogens (primary N) is 1. The lowest BCUT2D eigenvalue weighted by molar-refractivity contribution is 0.0374. The largest absolute Gasteiger partial charge is 0.455 e. The maximum atomic E-state index is 12.9. The molecule has 45 heavy (non-hydrogen) atoms. The van der Waals surface area contributed by atoms with Crippen molar-refractivity contribution in [3.05, 3.63) is 115 Å². The summed E-state index contributed by atoms with van der Waals surface area (Å²) in [6, 6.07) is 30.5. The van der Waals surface area contributed by atoms with Crippen molar-refractivity contribution in [2.75, 3.05) is 10.6 Å². The Balaban J connectivity index is 1.11. The van der Waals surface area contributed by atoms with Gasteiger partial charge < -0.3 is 25.5 Å². The minimum atomic E-state index is -0.800. The van der Waals surface area contributed by atoms with Gasteiger partial charge in [-0.15, -0.1) is 0 Å². The second kappa shape index (κ2) is 12.1. The third-order valence-corrected chi connectivity index (χ3v) is 7.62. The second-order valence-electron chi connectivity index (χ2n) is 11.9. The number of aromatic nitrogens is 2. The van der Waals surface area contributed by atoms with Gasteiger partial charge >= 0.3 is 6.09 Å². The Morgan fingerprint density at radius 2 is 1.58 bits per heavy atom. The molecule has 0 saturated carbocycles. The minimum absolute atomic E-state index is 0.233. The van der Waals surface area contributed by atoms with Crippen molar-refractivity contribution >= 4 is 51.1 Å². The summed E-state index contributed by atoms with van der Waals surface area (Å²) in [6.45, 7) is 5.95. The first-order valence-electron chi connectivity index (χ1n) is 14.6. The number of rotatable bonds is 8. The van der Waals surface area contributed by atoms with Crippen molar-refractivity contribution in [1.82, 2.24) is 9.97 Å². The maximum absolute atomic E-state index is 12.9. The number of ether oxygens (including phenoxy) is 1. The normalized spacial score (nSPS) is 12.2. The average Bonchev–Trinajstić information content (AvgIpc) is 3.40. The first-order chi connectivity index (χ1) is 21.6. The quantitative estimate of drug-likeness (QED) is 0.161. The molecule has 0 saturated heterocycles. The van der Waals surface area contributed by atoms with Crippen molar-refractivity contribution in [1.29, 1.82) is 0 Å². The molecule has 0 spiro atoms. The maximum Gasteiger partial charge on any atom is 0.404 e. The van der Waals surface area contributed by atoms with E-state index in [0.717, 1.165) is 44.4 Å². The first-order valence-corrected chi connectivity index (χ1v) is 14.6. The van der Waals surface area contributed by atoms with Crippen LogP contribution < -0.4 is 16.4 Å². The van der Waals surface area contributed by atoms with E-state index >= 15 is 0 Å².